The number of esters is 1. The second kappa shape index (κ2) is 7.01. The summed E-state index contributed by atoms with van der Waals surface area (Å²) in [6, 6.07) is 10.8. The molecule has 0 unspecified atom stereocenters. The molecule has 132 valence electrons. The van der Waals surface area contributed by atoms with E-state index < -0.39 is 12.1 Å². The van der Waals surface area contributed by atoms with Crippen LogP contribution in [0.3, 0.4) is 0 Å². The fourth-order valence-corrected chi connectivity index (χ4v) is 3.13. The number of carbonyl (C=O) groups is 2. The maximum atomic E-state index is 12.0. The number of nitrogens with zero attached hydrogens (tertiary/aromatic N) is 1. The Morgan fingerprint density at radius 2 is 2.15 bits per heavy atom. The zero-order valence-electron chi connectivity index (χ0n) is 13.5. The van der Waals surface area contributed by atoms with E-state index in [1.165, 1.54) is 17.6 Å². The fraction of sp³-hybridized carbons (Fsp3) is 0.167. The van der Waals surface area contributed by atoms with Crippen LogP contribution in [-0.2, 0) is 20.9 Å². The van der Waals surface area contributed by atoms with Gasteiger partial charge in [0.25, 0.3) is 5.91 Å². The third kappa shape index (κ3) is 3.45. The molecule has 0 fully saturated rings. The van der Waals surface area contributed by atoms with Crippen molar-refractivity contribution in [1.82, 2.24) is 4.98 Å². The second-order valence-electron chi connectivity index (χ2n) is 5.58. The van der Waals surface area contributed by atoms with Crippen molar-refractivity contribution in [3.05, 3.63) is 53.7 Å². The van der Waals surface area contributed by atoms with E-state index in [4.69, 9.17) is 13.9 Å². The SMILES string of the molecule is O=C(C[C@@H]1Oc2ccccc2NC1=O)OCc1coc(-c2cccs2)n1. The number of nitrogens with one attached hydrogen (secondary N) is 1. The molecule has 2 aromatic heterocycles. The highest BCUT2D eigenvalue weighted by Crippen LogP contribution is 2.29. The summed E-state index contributed by atoms with van der Waals surface area (Å²) in [6.45, 7) is -0.0291. The van der Waals surface area contributed by atoms with Gasteiger partial charge in [0, 0.05) is 0 Å². The standard InChI is InChI=1S/C18H14N2O5S/c21-16(8-14-17(22)20-12-4-1-2-5-13(12)25-14)23-9-11-10-24-18(19-11)15-6-3-7-26-15/h1-7,10,14H,8-9H2,(H,20,22)/t14-/m0/s1. The molecule has 0 aliphatic carbocycles. The van der Waals surface area contributed by atoms with Crippen LogP contribution >= 0.6 is 11.3 Å². The normalized spacial score (nSPS) is 15.7. The van der Waals surface area contributed by atoms with E-state index in [1.807, 2.05) is 17.5 Å². The highest BCUT2D eigenvalue weighted by molar-refractivity contribution is 7.13. The van der Waals surface area contributed by atoms with Crippen molar-refractivity contribution in [2.45, 2.75) is 19.1 Å². The van der Waals surface area contributed by atoms with Crippen LogP contribution in [0.5, 0.6) is 5.75 Å². The van der Waals surface area contributed by atoms with Gasteiger partial charge in [0.1, 0.15) is 24.3 Å². The Bertz CT molecular complexity index is 935. The quantitative estimate of drug-likeness (QED) is 0.694. The third-order valence-corrected chi connectivity index (χ3v) is 4.58. The molecule has 1 N–H and O–H groups in total. The van der Waals surface area contributed by atoms with Crippen LogP contribution in [0.4, 0.5) is 5.69 Å². The molecule has 4 rings (SSSR count). The minimum atomic E-state index is -0.920. The number of rotatable bonds is 5. The Balaban J connectivity index is 1.33. The number of fused-ring (bicyclic) bond motifs is 1. The highest BCUT2D eigenvalue weighted by atomic mass is 32.1. The van der Waals surface area contributed by atoms with E-state index in [0.717, 1.165) is 4.88 Å². The Kier molecular flexibility index (Phi) is 4.40. The van der Waals surface area contributed by atoms with Gasteiger partial charge in [-0.2, -0.15) is 0 Å². The van der Waals surface area contributed by atoms with Crippen molar-refractivity contribution in [2.24, 2.45) is 0 Å². The highest BCUT2D eigenvalue weighted by Gasteiger charge is 2.30. The van der Waals surface area contributed by atoms with Crippen molar-refractivity contribution in [2.75, 3.05) is 5.32 Å². The van der Waals surface area contributed by atoms with Crippen LogP contribution in [-0.4, -0.2) is 23.0 Å². The Morgan fingerprint density at radius 3 is 3.00 bits per heavy atom. The Morgan fingerprint density at radius 1 is 1.27 bits per heavy atom. The number of anilines is 1. The summed E-state index contributed by atoms with van der Waals surface area (Å²) < 4.78 is 16.1. The molecule has 8 heteroatoms. The number of hydrogen-bond donors (Lipinski definition) is 1. The van der Waals surface area contributed by atoms with Gasteiger partial charge in [-0.25, -0.2) is 4.98 Å². The summed E-state index contributed by atoms with van der Waals surface area (Å²) in [6.07, 6.45) is 0.342. The number of thiophene rings is 1. The summed E-state index contributed by atoms with van der Waals surface area (Å²) >= 11 is 1.51. The predicted octanol–water partition coefficient (Wildman–Crippen LogP) is 3.24. The first-order valence-electron chi connectivity index (χ1n) is 7.89. The third-order valence-electron chi connectivity index (χ3n) is 3.72. The first-order chi connectivity index (χ1) is 12.7. The van der Waals surface area contributed by atoms with Crippen molar-refractivity contribution >= 4 is 28.9 Å². The number of aromatic nitrogens is 1. The van der Waals surface area contributed by atoms with Gasteiger partial charge in [0.05, 0.1) is 17.0 Å². The van der Waals surface area contributed by atoms with Crippen molar-refractivity contribution < 1.29 is 23.5 Å². The van der Waals surface area contributed by atoms with Crippen molar-refractivity contribution in [3.8, 4) is 16.5 Å². The lowest BCUT2D eigenvalue weighted by Gasteiger charge is -2.25. The van der Waals surface area contributed by atoms with Gasteiger partial charge in [0.15, 0.2) is 6.10 Å². The summed E-state index contributed by atoms with van der Waals surface area (Å²) in [5.74, 6) is 0.0897. The number of amides is 1. The number of para-hydroxylation sites is 2. The van der Waals surface area contributed by atoms with E-state index >= 15 is 0 Å². The Hall–Kier alpha value is -3.13. The van der Waals surface area contributed by atoms with Gasteiger partial charge in [-0.3, -0.25) is 9.59 Å². The van der Waals surface area contributed by atoms with E-state index in [2.05, 4.69) is 10.3 Å². The van der Waals surface area contributed by atoms with Crippen LogP contribution in [0.2, 0.25) is 0 Å². The van der Waals surface area contributed by atoms with Crippen LogP contribution < -0.4 is 10.1 Å². The molecule has 26 heavy (non-hydrogen) atoms. The molecule has 0 spiro atoms. The largest absolute Gasteiger partial charge is 0.478 e. The summed E-state index contributed by atoms with van der Waals surface area (Å²) in [4.78, 5) is 29.2. The number of oxazole rings is 1. The number of ether oxygens (including phenoxy) is 2. The lowest BCUT2D eigenvalue weighted by molar-refractivity contribution is -0.149. The molecule has 0 radical (unpaired) electrons. The van der Waals surface area contributed by atoms with Gasteiger partial charge in [-0.05, 0) is 23.6 Å². The van der Waals surface area contributed by atoms with Gasteiger partial charge in [0.2, 0.25) is 5.89 Å². The van der Waals surface area contributed by atoms with Crippen molar-refractivity contribution in [3.63, 3.8) is 0 Å². The van der Waals surface area contributed by atoms with Crippen LogP contribution in [0.25, 0.3) is 10.8 Å². The first kappa shape index (κ1) is 16.3. The number of carbonyl (C=O) groups excluding carboxylic acids is 2. The second-order valence-corrected chi connectivity index (χ2v) is 6.53. The van der Waals surface area contributed by atoms with Crippen molar-refractivity contribution in [1.29, 1.82) is 0 Å². The predicted molar refractivity (Wildman–Crippen MR) is 93.7 cm³/mol. The fourth-order valence-electron chi connectivity index (χ4n) is 2.48. The van der Waals surface area contributed by atoms with Gasteiger partial charge >= 0.3 is 5.97 Å². The van der Waals surface area contributed by atoms with Gasteiger partial charge in [-0.15, -0.1) is 11.3 Å². The zero-order valence-corrected chi connectivity index (χ0v) is 14.3. The molecule has 1 atom stereocenters. The first-order valence-corrected chi connectivity index (χ1v) is 8.77. The molecule has 1 aliphatic rings. The monoisotopic (exact) mass is 370 g/mol. The van der Waals surface area contributed by atoms with Crippen LogP contribution in [0.15, 0.2) is 52.5 Å². The average molecular weight is 370 g/mol. The van der Waals surface area contributed by atoms with Gasteiger partial charge in [-0.1, -0.05) is 18.2 Å². The molecular weight excluding hydrogens is 356 g/mol. The molecular formula is C18H14N2O5S. The minimum Gasteiger partial charge on any atom is -0.478 e. The maximum absolute atomic E-state index is 12.0. The minimum absolute atomic E-state index is 0.0291. The lowest BCUT2D eigenvalue weighted by atomic mass is 10.1. The molecule has 1 aliphatic heterocycles. The van der Waals surface area contributed by atoms with E-state index in [1.54, 1.807) is 24.3 Å². The van der Waals surface area contributed by atoms with Crippen LogP contribution in [0, 0.1) is 0 Å². The zero-order chi connectivity index (χ0) is 17.9. The Labute approximate surface area is 152 Å². The topological polar surface area (TPSA) is 90.7 Å². The molecule has 0 saturated heterocycles. The maximum Gasteiger partial charge on any atom is 0.310 e. The smallest absolute Gasteiger partial charge is 0.310 e. The molecule has 0 bridgehead atoms. The summed E-state index contributed by atoms with van der Waals surface area (Å²) in [5, 5.41) is 4.63. The average Bonchev–Trinajstić information content (AvgIpc) is 3.32. The molecule has 1 amide bonds. The number of hydrogen-bond acceptors (Lipinski definition) is 7. The van der Waals surface area contributed by atoms with Gasteiger partial charge < -0.3 is 19.2 Å². The molecule has 1 aromatic carbocycles. The van der Waals surface area contributed by atoms with E-state index in [0.29, 0.717) is 23.0 Å². The summed E-state index contributed by atoms with van der Waals surface area (Å²) in [7, 11) is 0. The van der Waals surface area contributed by atoms with E-state index in [-0.39, 0.29) is 18.9 Å². The number of benzene rings is 1. The molecule has 3 aromatic rings. The van der Waals surface area contributed by atoms with Crippen LogP contribution in [0.1, 0.15) is 12.1 Å². The van der Waals surface area contributed by atoms with E-state index in [9.17, 15) is 9.59 Å². The molecule has 7 nitrogen and oxygen atoms in total. The lowest BCUT2D eigenvalue weighted by Crippen LogP contribution is -2.38. The summed E-state index contributed by atoms with van der Waals surface area (Å²) in [5.41, 5.74) is 1.09. The molecule has 3 heterocycles. The molecule has 0 saturated carbocycles.